The number of rotatable bonds is 1. The minimum absolute atomic E-state index is 0.0175. The van der Waals surface area contributed by atoms with Gasteiger partial charge in [-0.05, 0) is 25.6 Å². The number of hydrogen-bond acceptors (Lipinski definition) is 2. The topological polar surface area (TPSA) is 55.1 Å². The van der Waals surface area contributed by atoms with Crippen LogP contribution in [0, 0.1) is 5.41 Å². The molecule has 1 fully saturated rings. The summed E-state index contributed by atoms with van der Waals surface area (Å²) in [5.74, 6) is -0.149. The fourth-order valence-corrected chi connectivity index (χ4v) is 2.47. The van der Waals surface area contributed by atoms with Crippen molar-refractivity contribution in [3.63, 3.8) is 0 Å². The molecule has 6 heteroatoms. The van der Waals surface area contributed by atoms with Gasteiger partial charge >= 0.3 is 0 Å². The van der Waals surface area contributed by atoms with Gasteiger partial charge in [-0.1, -0.05) is 31.9 Å². The van der Waals surface area contributed by atoms with Crippen molar-refractivity contribution in [3.05, 3.63) is 0 Å². The highest BCUT2D eigenvalue weighted by Crippen LogP contribution is 2.66. The first-order valence-electron chi connectivity index (χ1n) is 3.28. The molecule has 0 aromatic rings. The Hall–Kier alpha value is 0.320. The normalized spacial score (nSPS) is 30.9. The van der Waals surface area contributed by atoms with Crippen LogP contribution in [0.3, 0.4) is 0 Å². The summed E-state index contributed by atoms with van der Waals surface area (Å²) in [4.78, 5) is 11.4. The Kier molecular flexibility index (Phi) is 2.53. The van der Waals surface area contributed by atoms with Crippen LogP contribution in [-0.4, -0.2) is 14.3 Å². The molecular weight excluding hydrogens is 308 g/mol. The number of halogens is 2. The summed E-state index contributed by atoms with van der Waals surface area (Å²) in [7, 11) is 0. The number of nitrogens with two attached hydrogens (primary N) is 1. The molecule has 1 aliphatic carbocycles. The van der Waals surface area contributed by atoms with Gasteiger partial charge in [-0.15, -0.1) is 0 Å². The lowest BCUT2D eigenvalue weighted by Crippen LogP contribution is -2.40. The average Bonchev–Trinajstić information content (AvgIpc) is 2.32. The van der Waals surface area contributed by atoms with Gasteiger partial charge in [0.25, 0.3) is 0 Å². The predicted octanol–water partition coefficient (Wildman–Crippen LogP) is 1.24. The number of alkyl halides is 2. The molecule has 0 aromatic heterocycles. The van der Waals surface area contributed by atoms with E-state index in [2.05, 4.69) is 49.4 Å². The third-order valence-corrected chi connectivity index (χ3v) is 4.41. The maximum Gasteiger partial charge on any atom is 0.234 e. The van der Waals surface area contributed by atoms with E-state index in [0.717, 1.165) is 6.42 Å². The zero-order valence-corrected chi connectivity index (χ0v) is 10.3. The van der Waals surface area contributed by atoms with Gasteiger partial charge in [0, 0.05) is 0 Å². The maximum atomic E-state index is 11.4. The molecule has 1 amide bonds. The fraction of sp³-hybridized carbons (Fsp3) is 0.667. The van der Waals surface area contributed by atoms with Gasteiger partial charge in [0.2, 0.25) is 5.91 Å². The second-order valence-electron chi connectivity index (χ2n) is 3.03. The van der Waals surface area contributed by atoms with E-state index in [4.69, 9.17) is 5.73 Å². The van der Waals surface area contributed by atoms with Gasteiger partial charge in [0.15, 0.2) is 5.11 Å². The van der Waals surface area contributed by atoms with Crippen LogP contribution in [0.1, 0.15) is 13.3 Å². The SMILES string of the molecule is CC1(C(=O)NC(N)=S)CC1(Br)Br. The van der Waals surface area contributed by atoms with Crippen molar-refractivity contribution in [3.8, 4) is 0 Å². The summed E-state index contributed by atoms with van der Waals surface area (Å²) in [6.07, 6.45) is 0.731. The Morgan fingerprint density at radius 1 is 1.67 bits per heavy atom. The van der Waals surface area contributed by atoms with E-state index in [-0.39, 0.29) is 14.3 Å². The minimum Gasteiger partial charge on any atom is -0.376 e. The Balaban J connectivity index is 2.62. The van der Waals surface area contributed by atoms with Gasteiger partial charge < -0.3 is 11.1 Å². The fourth-order valence-electron chi connectivity index (χ4n) is 0.896. The summed E-state index contributed by atoms with van der Waals surface area (Å²) in [6, 6.07) is 0. The van der Waals surface area contributed by atoms with Crippen LogP contribution in [0.5, 0.6) is 0 Å². The Morgan fingerprint density at radius 2 is 2.08 bits per heavy atom. The number of nitrogens with one attached hydrogen (secondary N) is 1. The van der Waals surface area contributed by atoms with E-state index in [0.29, 0.717) is 0 Å². The van der Waals surface area contributed by atoms with E-state index < -0.39 is 5.41 Å². The summed E-state index contributed by atoms with van der Waals surface area (Å²) in [6.45, 7) is 1.84. The van der Waals surface area contributed by atoms with Crippen LogP contribution in [0.15, 0.2) is 0 Å². The summed E-state index contributed by atoms with van der Waals surface area (Å²) >= 11 is 11.3. The van der Waals surface area contributed by atoms with Gasteiger partial charge in [0.1, 0.15) is 0 Å². The van der Waals surface area contributed by atoms with Crippen LogP contribution in [0.2, 0.25) is 0 Å². The lowest BCUT2D eigenvalue weighted by molar-refractivity contribution is -0.124. The largest absolute Gasteiger partial charge is 0.376 e. The van der Waals surface area contributed by atoms with E-state index in [1.165, 1.54) is 0 Å². The van der Waals surface area contributed by atoms with Crippen LogP contribution >= 0.6 is 44.1 Å². The molecule has 0 saturated heterocycles. The van der Waals surface area contributed by atoms with Crippen molar-refractivity contribution in [1.82, 2.24) is 5.32 Å². The number of carbonyl (C=O) groups excluding carboxylic acids is 1. The average molecular weight is 316 g/mol. The lowest BCUT2D eigenvalue weighted by Gasteiger charge is -2.11. The first kappa shape index (κ1) is 10.4. The molecule has 0 bridgehead atoms. The van der Waals surface area contributed by atoms with Crippen LogP contribution in [-0.2, 0) is 4.79 Å². The monoisotopic (exact) mass is 314 g/mol. The molecule has 68 valence electrons. The third-order valence-electron chi connectivity index (χ3n) is 2.00. The Bertz CT molecular complexity index is 256. The molecule has 1 aliphatic rings. The molecule has 3 N–H and O–H groups in total. The molecule has 3 nitrogen and oxygen atoms in total. The molecule has 0 aromatic carbocycles. The van der Waals surface area contributed by atoms with E-state index >= 15 is 0 Å². The van der Waals surface area contributed by atoms with Crippen molar-refractivity contribution in [1.29, 1.82) is 0 Å². The molecule has 1 rings (SSSR count). The standard InChI is InChI=1S/C6H8Br2N2OS/c1-5(2-6(5,7)8)3(11)10-4(9)12/h2H2,1H3,(H3,9,10,11,12). The van der Waals surface area contributed by atoms with Crippen molar-refractivity contribution >= 4 is 55.1 Å². The summed E-state index contributed by atoms with van der Waals surface area (Å²) < 4.78 is -0.290. The quantitative estimate of drug-likeness (QED) is 0.565. The second kappa shape index (κ2) is 2.92. The van der Waals surface area contributed by atoms with E-state index in [9.17, 15) is 4.79 Å². The zero-order chi connectivity index (χ0) is 9.57. The van der Waals surface area contributed by atoms with Gasteiger partial charge in [-0.2, -0.15) is 0 Å². The van der Waals surface area contributed by atoms with Crippen molar-refractivity contribution in [2.75, 3.05) is 0 Å². The first-order valence-corrected chi connectivity index (χ1v) is 5.28. The molecule has 0 heterocycles. The Labute approximate surface area is 92.7 Å². The highest BCUT2D eigenvalue weighted by atomic mass is 79.9. The van der Waals surface area contributed by atoms with Crippen LogP contribution in [0.25, 0.3) is 0 Å². The second-order valence-corrected chi connectivity index (χ2v) is 7.24. The number of thiocarbonyl (C=S) groups is 1. The highest BCUT2D eigenvalue weighted by molar-refractivity contribution is 9.25. The number of amides is 1. The lowest BCUT2D eigenvalue weighted by atomic mass is 10.1. The molecule has 12 heavy (non-hydrogen) atoms. The first-order chi connectivity index (χ1) is 5.29. The van der Waals surface area contributed by atoms with Crippen molar-refractivity contribution < 1.29 is 4.79 Å². The Morgan fingerprint density at radius 3 is 2.33 bits per heavy atom. The summed E-state index contributed by atoms with van der Waals surface area (Å²) in [5, 5.41) is 2.43. The molecule has 0 aliphatic heterocycles. The van der Waals surface area contributed by atoms with E-state index in [1.54, 1.807) is 0 Å². The molecule has 0 radical (unpaired) electrons. The minimum atomic E-state index is -0.448. The maximum absolute atomic E-state index is 11.4. The smallest absolute Gasteiger partial charge is 0.234 e. The van der Waals surface area contributed by atoms with Crippen molar-refractivity contribution in [2.45, 2.75) is 16.6 Å². The molecule has 1 saturated carbocycles. The van der Waals surface area contributed by atoms with Crippen LogP contribution in [0.4, 0.5) is 0 Å². The molecule has 1 atom stereocenters. The third kappa shape index (κ3) is 1.65. The molecule has 0 spiro atoms. The zero-order valence-electron chi connectivity index (χ0n) is 6.36. The van der Waals surface area contributed by atoms with Crippen molar-refractivity contribution in [2.24, 2.45) is 11.1 Å². The molecule has 1 unspecified atom stereocenters. The predicted molar refractivity (Wildman–Crippen MR) is 58.2 cm³/mol. The van der Waals surface area contributed by atoms with Gasteiger partial charge in [0.05, 0.1) is 8.65 Å². The number of carbonyl (C=O) groups is 1. The van der Waals surface area contributed by atoms with Gasteiger partial charge in [-0.3, -0.25) is 4.79 Å². The molecular formula is C6H8Br2N2OS. The highest BCUT2D eigenvalue weighted by Gasteiger charge is 2.66. The number of hydrogen-bond donors (Lipinski definition) is 2. The summed E-state index contributed by atoms with van der Waals surface area (Å²) in [5.41, 5.74) is 4.73. The van der Waals surface area contributed by atoms with Gasteiger partial charge in [-0.25, -0.2) is 0 Å². The van der Waals surface area contributed by atoms with Crippen LogP contribution < -0.4 is 11.1 Å². The van der Waals surface area contributed by atoms with E-state index in [1.807, 2.05) is 6.92 Å².